The summed E-state index contributed by atoms with van der Waals surface area (Å²) in [6.45, 7) is 10.2. The second kappa shape index (κ2) is 6.70. The van der Waals surface area contributed by atoms with Crippen LogP contribution in [0.4, 0.5) is 0 Å². The van der Waals surface area contributed by atoms with Crippen molar-refractivity contribution < 1.29 is 14.9 Å². The van der Waals surface area contributed by atoms with Gasteiger partial charge in [0.25, 0.3) is 0 Å². The fourth-order valence-electron chi connectivity index (χ4n) is 3.65. The third-order valence-electron chi connectivity index (χ3n) is 5.72. The van der Waals surface area contributed by atoms with Crippen molar-refractivity contribution in [3.63, 3.8) is 0 Å². The first-order valence-corrected chi connectivity index (χ1v) is 9.05. The van der Waals surface area contributed by atoms with E-state index in [0.717, 1.165) is 38.5 Å². The van der Waals surface area contributed by atoms with Gasteiger partial charge >= 0.3 is 0 Å². The Kier molecular flexibility index (Phi) is 5.44. The number of allylic oxidation sites excluding steroid dienone is 2. The highest BCUT2D eigenvalue weighted by molar-refractivity contribution is 5.14. The molecule has 132 valence electrons. The topological polar surface area (TPSA) is 49.7 Å². The number of rotatable bonds is 1. The van der Waals surface area contributed by atoms with Crippen molar-refractivity contribution in [2.24, 2.45) is 5.92 Å². The average Bonchev–Trinajstić information content (AvgIpc) is 2.43. The van der Waals surface area contributed by atoms with Crippen molar-refractivity contribution in [2.75, 3.05) is 0 Å². The van der Waals surface area contributed by atoms with E-state index in [-0.39, 0.29) is 6.10 Å². The molecule has 2 bridgehead atoms. The normalized spacial score (nSPS) is 42.8. The Balaban J connectivity index is 2.37. The molecule has 0 spiro atoms. The SMILES string of the molecule is CC1=CCCC(C)(O)C=CC2(C(C)C)CCC(C)(O)C(CC1)O2. The van der Waals surface area contributed by atoms with Crippen LogP contribution in [-0.4, -0.2) is 33.1 Å². The summed E-state index contributed by atoms with van der Waals surface area (Å²) in [5.74, 6) is 0.299. The van der Waals surface area contributed by atoms with Crippen LogP contribution in [0.5, 0.6) is 0 Å². The monoisotopic (exact) mass is 322 g/mol. The minimum atomic E-state index is -0.823. The molecule has 3 heteroatoms. The minimum absolute atomic E-state index is 0.170. The van der Waals surface area contributed by atoms with Crippen LogP contribution in [0.1, 0.15) is 73.1 Å². The summed E-state index contributed by atoms with van der Waals surface area (Å²) < 4.78 is 6.49. The highest BCUT2D eigenvalue weighted by Crippen LogP contribution is 2.42. The molecule has 0 aromatic rings. The fraction of sp³-hybridized carbons (Fsp3) is 0.800. The maximum atomic E-state index is 10.8. The molecule has 0 radical (unpaired) electrons. The third-order valence-corrected chi connectivity index (χ3v) is 5.72. The van der Waals surface area contributed by atoms with Crippen LogP contribution in [0.2, 0.25) is 0 Å². The van der Waals surface area contributed by atoms with Gasteiger partial charge in [-0.15, -0.1) is 0 Å². The molecule has 23 heavy (non-hydrogen) atoms. The molecule has 0 aromatic heterocycles. The summed E-state index contributed by atoms with van der Waals surface area (Å²) in [6, 6.07) is 0. The Morgan fingerprint density at radius 2 is 1.83 bits per heavy atom. The Morgan fingerprint density at radius 1 is 1.13 bits per heavy atom. The van der Waals surface area contributed by atoms with Gasteiger partial charge in [0.1, 0.15) is 0 Å². The molecule has 0 saturated carbocycles. The lowest BCUT2D eigenvalue weighted by molar-refractivity contribution is -0.210. The molecule has 1 saturated heterocycles. The van der Waals surface area contributed by atoms with Gasteiger partial charge in [0.05, 0.1) is 22.9 Å². The Bertz CT molecular complexity index is 473. The van der Waals surface area contributed by atoms with Gasteiger partial charge in [-0.2, -0.15) is 0 Å². The van der Waals surface area contributed by atoms with E-state index < -0.39 is 16.8 Å². The third kappa shape index (κ3) is 4.46. The van der Waals surface area contributed by atoms with Crippen LogP contribution in [0, 0.1) is 5.92 Å². The van der Waals surface area contributed by atoms with E-state index in [0.29, 0.717) is 5.92 Å². The van der Waals surface area contributed by atoms with Crippen LogP contribution in [0.15, 0.2) is 23.8 Å². The summed E-state index contributed by atoms with van der Waals surface area (Å²) in [5.41, 5.74) is -0.686. The van der Waals surface area contributed by atoms with Gasteiger partial charge in [0, 0.05) is 0 Å². The molecule has 2 aliphatic heterocycles. The van der Waals surface area contributed by atoms with Crippen LogP contribution >= 0.6 is 0 Å². The Labute approximate surface area is 141 Å². The first-order valence-electron chi connectivity index (χ1n) is 9.05. The fourth-order valence-corrected chi connectivity index (χ4v) is 3.65. The first kappa shape index (κ1) is 18.7. The molecule has 1 fully saturated rings. The first-order chi connectivity index (χ1) is 10.6. The molecule has 4 unspecified atom stereocenters. The van der Waals surface area contributed by atoms with Crippen LogP contribution in [0.25, 0.3) is 0 Å². The highest BCUT2D eigenvalue weighted by Gasteiger charge is 2.47. The predicted octanol–water partition coefficient (Wildman–Crippen LogP) is 4.14. The van der Waals surface area contributed by atoms with Crippen molar-refractivity contribution in [1.29, 1.82) is 0 Å². The zero-order valence-corrected chi connectivity index (χ0v) is 15.4. The number of hydrogen-bond donors (Lipinski definition) is 2. The molecular weight excluding hydrogens is 288 g/mol. The maximum Gasteiger partial charge on any atom is 0.0892 e. The molecule has 2 heterocycles. The standard InChI is InChI=1S/C20H34O3/c1-15(2)20-13-11-18(4,21)10-6-7-16(3)8-9-17(23-20)19(5,22)12-14-20/h7,11,13,15,17,21-22H,6,8-10,12,14H2,1-5H3. The average molecular weight is 322 g/mol. The largest absolute Gasteiger partial charge is 0.387 e. The van der Waals surface area contributed by atoms with Gasteiger partial charge in [-0.1, -0.05) is 37.6 Å². The van der Waals surface area contributed by atoms with Crippen LogP contribution in [-0.2, 0) is 4.74 Å². The lowest BCUT2D eigenvalue weighted by atomic mass is 9.75. The van der Waals surface area contributed by atoms with E-state index in [1.165, 1.54) is 5.57 Å². The van der Waals surface area contributed by atoms with Gasteiger partial charge in [-0.05, 0) is 65.2 Å². The molecule has 3 nitrogen and oxygen atoms in total. The smallest absolute Gasteiger partial charge is 0.0892 e. The van der Waals surface area contributed by atoms with Crippen molar-refractivity contribution in [3.8, 4) is 0 Å². The Morgan fingerprint density at radius 3 is 2.48 bits per heavy atom. The Hall–Kier alpha value is -0.640. The summed E-state index contributed by atoms with van der Waals surface area (Å²) in [6.07, 6.45) is 10.9. The van der Waals surface area contributed by atoms with Gasteiger partial charge in [0.2, 0.25) is 0 Å². The molecule has 4 atom stereocenters. The summed E-state index contributed by atoms with van der Waals surface area (Å²) in [7, 11) is 0. The van der Waals surface area contributed by atoms with Crippen molar-refractivity contribution in [2.45, 2.75) is 96.1 Å². The summed E-state index contributed by atoms with van der Waals surface area (Å²) >= 11 is 0. The molecule has 0 aromatic carbocycles. The predicted molar refractivity (Wildman–Crippen MR) is 94.3 cm³/mol. The maximum absolute atomic E-state index is 10.8. The quantitative estimate of drug-likeness (QED) is 0.713. The van der Waals surface area contributed by atoms with Crippen molar-refractivity contribution >= 4 is 0 Å². The minimum Gasteiger partial charge on any atom is -0.387 e. The lowest BCUT2D eigenvalue weighted by Gasteiger charge is -2.49. The van der Waals surface area contributed by atoms with E-state index in [9.17, 15) is 10.2 Å². The molecule has 2 rings (SSSR count). The van der Waals surface area contributed by atoms with Gasteiger partial charge in [-0.25, -0.2) is 0 Å². The van der Waals surface area contributed by atoms with Crippen LogP contribution < -0.4 is 0 Å². The number of ether oxygens (including phenoxy) is 1. The van der Waals surface area contributed by atoms with E-state index in [1.54, 1.807) is 0 Å². The summed E-state index contributed by atoms with van der Waals surface area (Å²) in [5, 5.41) is 21.4. The summed E-state index contributed by atoms with van der Waals surface area (Å²) in [4.78, 5) is 0. The van der Waals surface area contributed by atoms with Crippen molar-refractivity contribution in [1.82, 2.24) is 0 Å². The number of fused-ring (bicyclic) bond motifs is 2. The molecule has 2 N–H and O–H groups in total. The number of hydrogen-bond acceptors (Lipinski definition) is 3. The molecule has 0 aliphatic carbocycles. The van der Waals surface area contributed by atoms with E-state index in [2.05, 4.69) is 32.9 Å². The number of aliphatic hydroxyl groups is 2. The van der Waals surface area contributed by atoms with E-state index in [4.69, 9.17) is 4.74 Å². The zero-order valence-electron chi connectivity index (χ0n) is 15.4. The van der Waals surface area contributed by atoms with Gasteiger partial charge in [-0.3, -0.25) is 0 Å². The van der Waals surface area contributed by atoms with Gasteiger partial charge < -0.3 is 14.9 Å². The van der Waals surface area contributed by atoms with E-state index >= 15 is 0 Å². The lowest BCUT2D eigenvalue weighted by Crippen LogP contribution is -2.55. The van der Waals surface area contributed by atoms with Crippen LogP contribution in [0.3, 0.4) is 0 Å². The molecular formula is C20H34O3. The van der Waals surface area contributed by atoms with Gasteiger partial charge in [0.15, 0.2) is 0 Å². The second-order valence-corrected chi connectivity index (χ2v) is 8.39. The zero-order chi connectivity index (χ0) is 17.3. The molecule has 2 aliphatic rings. The molecule has 0 amide bonds. The second-order valence-electron chi connectivity index (χ2n) is 8.39. The van der Waals surface area contributed by atoms with E-state index in [1.807, 2.05) is 19.9 Å². The highest BCUT2D eigenvalue weighted by atomic mass is 16.5. The van der Waals surface area contributed by atoms with Crippen molar-refractivity contribution in [3.05, 3.63) is 23.8 Å².